The lowest BCUT2D eigenvalue weighted by molar-refractivity contribution is 0.571. The van der Waals surface area contributed by atoms with E-state index in [0.717, 1.165) is 18.5 Å². The van der Waals surface area contributed by atoms with Crippen molar-refractivity contribution in [1.82, 2.24) is 10.0 Å². The number of benzene rings is 1. The van der Waals surface area contributed by atoms with E-state index in [4.69, 9.17) is 11.6 Å². The van der Waals surface area contributed by atoms with Crippen molar-refractivity contribution in [3.8, 4) is 0 Å². The third-order valence-electron chi connectivity index (χ3n) is 2.81. The van der Waals surface area contributed by atoms with Crippen LogP contribution in [0.3, 0.4) is 0 Å². The van der Waals surface area contributed by atoms with E-state index in [1.165, 1.54) is 0 Å². The third kappa shape index (κ3) is 6.16. The molecule has 1 atom stereocenters. The number of hydrogen-bond acceptors (Lipinski definition) is 4. The van der Waals surface area contributed by atoms with Crippen LogP contribution in [-0.4, -0.2) is 33.0 Å². The van der Waals surface area contributed by atoms with Gasteiger partial charge < -0.3 is 5.32 Å². The molecule has 0 aliphatic heterocycles. The molecule has 0 heterocycles. The second kappa shape index (κ2) is 9.00. The first-order valence-corrected chi connectivity index (χ1v) is 10.2. The van der Waals surface area contributed by atoms with Crippen LogP contribution in [0.4, 0.5) is 0 Å². The van der Waals surface area contributed by atoms with Crippen LogP contribution in [0.5, 0.6) is 0 Å². The molecule has 0 saturated heterocycles. The predicted octanol–water partition coefficient (Wildman–Crippen LogP) is 2.87. The molecule has 0 fully saturated rings. The van der Waals surface area contributed by atoms with Gasteiger partial charge in [0.05, 0.1) is 5.02 Å². The average molecular weight is 351 g/mol. The first-order valence-electron chi connectivity index (χ1n) is 6.91. The van der Waals surface area contributed by atoms with E-state index in [2.05, 4.69) is 17.0 Å². The lowest BCUT2D eigenvalue weighted by Gasteiger charge is -2.15. The Morgan fingerprint density at radius 1 is 1.38 bits per heavy atom. The zero-order valence-corrected chi connectivity index (χ0v) is 15.0. The van der Waals surface area contributed by atoms with E-state index in [1.807, 2.05) is 19.2 Å². The van der Waals surface area contributed by atoms with E-state index in [9.17, 15) is 8.42 Å². The zero-order chi connectivity index (χ0) is 15.9. The summed E-state index contributed by atoms with van der Waals surface area (Å²) >= 11 is 7.65. The average Bonchev–Trinajstić information content (AvgIpc) is 2.40. The fourth-order valence-corrected chi connectivity index (χ4v) is 4.37. The van der Waals surface area contributed by atoms with Crippen molar-refractivity contribution in [2.75, 3.05) is 18.6 Å². The summed E-state index contributed by atoms with van der Waals surface area (Å²) in [6.07, 6.45) is 2.98. The van der Waals surface area contributed by atoms with Gasteiger partial charge in [-0.15, -0.1) is 0 Å². The fraction of sp³-hybridized carbons (Fsp3) is 0.571. The molecule has 0 saturated carbocycles. The molecule has 0 amide bonds. The van der Waals surface area contributed by atoms with Gasteiger partial charge in [-0.25, -0.2) is 13.1 Å². The van der Waals surface area contributed by atoms with Gasteiger partial charge in [-0.05, 0) is 43.8 Å². The highest BCUT2D eigenvalue weighted by Crippen LogP contribution is 2.23. The summed E-state index contributed by atoms with van der Waals surface area (Å²) in [6, 6.07) is 4.98. The number of thioether (sulfide) groups is 1. The Bertz CT molecular complexity index is 550. The van der Waals surface area contributed by atoms with Crippen LogP contribution >= 0.6 is 23.4 Å². The first kappa shape index (κ1) is 18.8. The molecule has 4 nitrogen and oxygen atoms in total. The van der Waals surface area contributed by atoms with Crippen molar-refractivity contribution in [2.45, 2.75) is 37.8 Å². The van der Waals surface area contributed by atoms with E-state index in [1.54, 1.807) is 23.9 Å². The maximum absolute atomic E-state index is 12.4. The van der Waals surface area contributed by atoms with Crippen molar-refractivity contribution in [3.05, 3.63) is 28.8 Å². The van der Waals surface area contributed by atoms with Gasteiger partial charge >= 0.3 is 0 Å². The van der Waals surface area contributed by atoms with Crippen LogP contribution < -0.4 is 10.0 Å². The van der Waals surface area contributed by atoms with Crippen molar-refractivity contribution in [2.24, 2.45) is 0 Å². The summed E-state index contributed by atoms with van der Waals surface area (Å²) in [5.74, 6) is 0.717. The second-order valence-corrected chi connectivity index (χ2v) is 7.92. The minimum absolute atomic E-state index is 0.136. The highest BCUT2D eigenvalue weighted by molar-refractivity contribution is 7.98. The van der Waals surface area contributed by atoms with Crippen LogP contribution in [-0.2, 0) is 16.6 Å². The van der Waals surface area contributed by atoms with E-state index in [-0.39, 0.29) is 16.0 Å². The van der Waals surface area contributed by atoms with Crippen molar-refractivity contribution >= 4 is 33.4 Å². The van der Waals surface area contributed by atoms with Gasteiger partial charge in [0.1, 0.15) is 4.90 Å². The number of halogens is 1. The maximum Gasteiger partial charge on any atom is 0.242 e. The van der Waals surface area contributed by atoms with E-state index < -0.39 is 10.0 Å². The van der Waals surface area contributed by atoms with E-state index in [0.29, 0.717) is 12.3 Å². The Balaban J connectivity index is 2.91. The van der Waals surface area contributed by atoms with Gasteiger partial charge in [0.2, 0.25) is 10.0 Å². The highest BCUT2D eigenvalue weighted by Gasteiger charge is 2.20. The molecule has 120 valence electrons. The second-order valence-electron chi connectivity index (χ2n) is 4.92. The SMILES string of the molecule is CCCNCc1ccc(Cl)c(S(=O)(=O)NC(C)CSC)c1. The molecule has 21 heavy (non-hydrogen) atoms. The molecule has 1 unspecified atom stereocenters. The quantitative estimate of drug-likeness (QED) is 0.672. The van der Waals surface area contributed by atoms with Crippen LogP contribution in [0.15, 0.2) is 23.1 Å². The largest absolute Gasteiger partial charge is 0.313 e. The Morgan fingerprint density at radius 3 is 2.71 bits per heavy atom. The summed E-state index contributed by atoms with van der Waals surface area (Å²) in [7, 11) is -3.59. The molecule has 0 aliphatic carbocycles. The van der Waals surface area contributed by atoms with Crippen LogP contribution in [0.1, 0.15) is 25.8 Å². The van der Waals surface area contributed by atoms with Crippen molar-refractivity contribution in [1.29, 1.82) is 0 Å². The normalized spacial score (nSPS) is 13.3. The summed E-state index contributed by atoms with van der Waals surface area (Å²) in [6.45, 7) is 5.46. The lowest BCUT2D eigenvalue weighted by atomic mass is 10.2. The minimum Gasteiger partial charge on any atom is -0.313 e. The molecule has 1 aromatic carbocycles. The fourth-order valence-electron chi connectivity index (χ4n) is 1.89. The predicted molar refractivity (Wildman–Crippen MR) is 91.6 cm³/mol. The molecule has 0 aliphatic rings. The molecular weight excluding hydrogens is 328 g/mol. The first-order chi connectivity index (χ1) is 9.90. The summed E-state index contributed by atoms with van der Waals surface area (Å²) in [5.41, 5.74) is 0.908. The molecule has 2 N–H and O–H groups in total. The number of sulfonamides is 1. The molecule has 1 aromatic rings. The smallest absolute Gasteiger partial charge is 0.242 e. The number of rotatable bonds is 9. The molecule has 0 spiro atoms. The lowest BCUT2D eigenvalue weighted by Crippen LogP contribution is -2.34. The van der Waals surface area contributed by atoms with Gasteiger partial charge in [0, 0.05) is 18.3 Å². The molecular formula is C14H23ClN2O2S2. The number of hydrogen-bond donors (Lipinski definition) is 2. The van der Waals surface area contributed by atoms with Gasteiger partial charge in [0.15, 0.2) is 0 Å². The monoisotopic (exact) mass is 350 g/mol. The van der Waals surface area contributed by atoms with Crippen LogP contribution in [0, 0.1) is 0 Å². The maximum atomic E-state index is 12.4. The Morgan fingerprint density at radius 2 is 2.10 bits per heavy atom. The summed E-state index contributed by atoms with van der Waals surface area (Å²) in [5, 5.41) is 3.50. The Hall–Kier alpha value is -0.270. The van der Waals surface area contributed by atoms with Crippen LogP contribution in [0.25, 0.3) is 0 Å². The van der Waals surface area contributed by atoms with E-state index >= 15 is 0 Å². The molecule has 7 heteroatoms. The standard InChI is InChI=1S/C14H23ClN2O2S2/c1-4-7-16-9-12-5-6-13(15)14(8-12)21(18,19)17-11(2)10-20-3/h5-6,8,11,16-17H,4,7,9-10H2,1-3H3. The van der Waals surface area contributed by atoms with Crippen molar-refractivity contribution in [3.63, 3.8) is 0 Å². The van der Waals surface area contributed by atoms with Gasteiger partial charge in [-0.1, -0.05) is 24.6 Å². The Labute approximate surface area is 137 Å². The third-order valence-corrected chi connectivity index (χ3v) is 5.72. The minimum atomic E-state index is -3.59. The molecule has 0 radical (unpaired) electrons. The van der Waals surface area contributed by atoms with Gasteiger partial charge in [0.25, 0.3) is 0 Å². The molecule has 0 aromatic heterocycles. The van der Waals surface area contributed by atoms with Gasteiger partial charge in [-0.2, -0.15) is 11.8 Å². The zero-order valence-electron chi connectivity index (χ0n) is 12.6. The number of nitrogens with one attached hydrogen (secondary N) is 2. The highest BCUT2D eigenvalue weighted by atomic mass is 35.5. The van der Waals surface area contributed by atoms with Crippen LogP contribution in [0.2, 0.25) is 5.02 Å². The summed E-state index contributed by atoms with van der Waals surface area (Å²) < 4.78 is 27.4. The van der Waals surface area contributed by atoms with Gasteiger partial charge in [-0.3, -0.25) is 0 Å². The molecule has 1 rings (SSSR count). The topological polar surface area (TPSA) is 58.2 Å². The van der Waals surface area contributed by atoms with Crippen molar-refractivity contribution < 1.29 is 8.42 Å². The summed E-state index contributed by atoms with van der Waals surface area (Å²) in [4.78, 5) is 0.146. The Kier molecular flexibility index (Phi) is 8.05. The molecule has 0 bridgehead atoms.